The molecule has 2 nitrogen and oxygen atoms in total. The van der Waals surface area contributed by atoms with Crippen molar-refractivity contribution in [1.82, 2.24) is 4.31 Å². The molecule has 0 radical (unpaired) electrons. The lowest BCUT2D eigenvalue weighted by Gasteiger charge is -2.56. The number of hydrogen-bond donors (Lipinski definition) is 0. The van der Waals surface area contributed by atoms with E-state index in [1.165, 1.54) is 0 Å². The molecule has 1 amide bonds. The van der Waals surface area contributed by atoms with Crippen molar-refractivity contribution in [3.05, 3.63) is 0 Å². The highest BCUT2D eigenvalue weighted by atomic mass is 32.3. The van der Waals surface area contributed by atoms with E-state index in [1.807, 2.05) is 11.4 Å². The summed E-state index contributed by atoms with van der Waals surface area (Å²) < 4.78 is 2.02. The maximum atomic E-state index is 11.7. The number of carbonyl (C=O) groups excluding carboxylic acids is 1. The van der Waals surface area contributed by atoms with Gasteiger partial charge in [-0.2, -0.15) is 10.2 Å². The van der Waals surface area contributed by atoms with E-state index in [1.54, 1.807) is 6.92 Å². The molecule has 0 atom stereocenters. The van der Waals surface area contributed by atoms with Gasteiger partial charge in [0.25, 0.3) is 0 Å². The molecule has 3 heteroatoms. The normalized spacial score (nSPS) is 13.8. The summed E-state index contributed by atoms with van der Waals surface area (Å²) in [4.78, 5) is 11.7. The van der Waals surface area contributed by atoms with Crippen molar-refractivity contribution < 1.29 is 4.79 Å². The number of amides is 1. The summed E-state index contributed by atoms with van der Waals surface area (Å²) in [6, 6.07) is 0. The van der Waals surface area contributed by atoms with Crippen LogP contribution in [-0.2, 0) is 4.79 Å². The first-order valence-corrected chi connectivity index (χ1v) is 7.51. The molecule has 0 aromatic carbocycles. The van der Waals surface area contributed by atoms with E-state index in [0.29, 0.717) is 15.7 Å². The lowest BCUT2D eigenvalue weighted by molar-refractivity contribution is -0.123. The Bertz CT molecular complexity index is 202. The van der Waals surface area contributed by atoms with E-state index in [2.05, 4.69) is 41.5 Å². The Hall–Kier alpha value is -0.180. The van der Waals surface area contributed by atoms with Gasteiger partial charge >= 0.3 is 0 Å². The van der Waals surface area contributed by atoms with E-state index in [4.69, 9.17) is 0 Å². The summed E-state index contributed by atoms with van der Waals surface area (Å²) >= 11 is 0. The van der Waals surface area contributed by atoms with E-state index in [0.717, 1.165) is 0 Å². The molecule has 0 N–H and O–H groups in total. The van der Waals surface area contributed by atoms with Gasteiger partial charge < -0.3 is 4.31 Å². The fourth-order valence-corrected chi connectivity index (χ4v) is 8.41. The molecule has 0 spiro atoms. The van der Waals surface area contributed by atoms with Gasteiger partial charge in [-0.3, -0.25) is 4.79 Å². The van der Waals surface area contributed by atoms with Crippen LogP contribution < -0.4 is 0 Å². The van der Waals surface area contributed by atoms with Crippen molar-refractivity contribution in [2.75, 3.05) is 7.05 Å². The van der Waals surface area contributed by atoms with Crippen LogP contribution in [0.2, 0.25) is 0 Å². The maximum Gasteiger partial charge on any atom is 0.227 e. The zero-order valence-corrected chi connectivity index (χ0v) is 12.3. The lowest BCUT2D eigenvalue weighted by atomic mass is 10.5. The zero-order valence-electron chi connectivity index (χ0n) is 11.5. The Balaban J connectivity index is 5.42. The number of carbonyl (C=O) groups is 1. The third kappa shape index (κ3) is 2.49. The van der Waals surface area contributed by atoms with Gasteiger partial charge in [-0.25, -0.2) is 0 Å². The van der Waals surface area contributed by atoms with Crippen LogP contribution in [0.5, 0.6) is 0 Å². The number of hydrogen-bond acceptors (Lipinski definition) is 1. The summed E-state index contributed by atoms with van der Waals surface area (Å²) in [6.07, 6.45) is 0. The van der Waals surface area contributed by atoms with Crippen LogP contribution in [0.15, 0.2) is 0 Å². The molecular formula is C12H27NOS. The van der Waals surface area contributed by atoms with Crippen LogP contribution >= 0.6 is 10.2 Å². The molecule has 0 fully saturated rings. The minimum absolute atomic E-state index is 0.195. The highest BCUT2D eigenvalue weighted by Gasteiger charge is 2.39. The van der Waals surface area contributed by atoms with Crippen LogP contribution in [0, 0.1) is 0 Å². The van der Waals surface area contributed by atoms with Gasteiger partial charge in [0.1, 0.15) is 0 Å². The summed E-state index contributed by atoms with van der Waals surface area (Å²) in [7, 11) is 0.929. The van der Waals surface area contributed by atoms with E-state index in [9.17, 15) is 4.79 Å². The number of nitrogens with zero attached hydrogens (tertiary/aromatic N) is 1. The molecule has 92 valence electrons. The Morgan fingerprint density at radius 1 is 0.933 bits per heavy atom. The van der Waals surface area contributed by atoms with Crippen molar-refractivity contribution in [1.29, 1.82) is 0 Å². The Labute approximate surface area is 96.9 Å². The van der Waals surface area contributed by atoms with Crippen molar-refractivity contribution in [3.8, 4) is 0 Å². The van der Waals surface area contributed by atoms with Crippen LogP contribution in [0.25, 0.3) is 0 Å². The highest BCUT2D eigenvalue weighted by molar-refractivity contribution is 8.33. The predicted molar refractivity (Wildman–Crippen MR) is 71.4 cm³/mol. The molecule has 0 bridgehead atoms. The molecule has 0 saturated heterocycles. The molecule has 0 saturated carbocycles. The van der Waals surface area contributed by atoms with Crippen LogP contribution in [-0.4, -0.2) is 33.0 Å². The molecule has 0 unspecified atom stereocenters. The molecule has 0 aliphatic heterocycles. The highest BCUT2D eigenvalue weighted by Crippen LogP contribution is 2.62. The maximum absolute atomic E-state index is 11.7. The molecule has 0 aliphatic rings. The van der Waals surface area contributed by atoms with E-state index in [-0.39, 0.29) is 5.91 Å². The standard InChI is InChI=1S/C12H27NOS/c1-9(2)15(10(3)4,11(5)6)13(8)12(7)14/h9-11H,1-8H3. The quantitative estimate of drug-likeness (QED) is 0.728. The van der Waals surface area contributed by atoms with Crippen molar-refractivity contribution in [2.24, 2.45) is 0 Å². The molecule has 0 rings (SSSR count). The fraction of sp³-hybridized carbons (Fsp3) is 0.917. The van der Waals surface area contributed by atoms with E-state index < -0.39 is 10.2 Å². The smallest absolute Gasteiger partial charge is 0.227 e. The van der Waals surface area contributed by atoms with Gasteiger partial charge in [-0.15, -0.1) is 0 Å². The Morgan fingerprint density at radius 2 is 1.20 bits per heavy atom. The monoisotopic (exact) mass is 233 g/mol. The molecule has 0 aliphatic carbocycles. The second kappa shape index (κ2) is 5.24. The van der Waals surface area contributed by atoms with Crippen LogP contribution in [0.3, 0.4) is 0 Å². The van der Waals surface area contributed by atoms with Crippen LogP contribution in [0.1, 0.15) is 48.5 Å². The molecular weight excluding hydrogens is 206 g/mol. The summed E-state index contributed by atoms with van der Waals surface area (Å²) in [6.45, 7) is 15.1. The lowest BCUT2D eigenvalue weighted by Crippen LogP contribution is -2.42. The average molecular weight is 233 g/mol. The van der Waals surface area contributed by atoms with Gasteiger partial charge in [0.2, 0.25) is 5.91 Å². The van der Waals surface area contributed by atoms with Gasteiger partial charge in [-0.1, -0.05) is 41.5 Å². The van der Waals surface area contributed by atoms with Crippen molar-refractivity contribution >= 4 is 16.1 Å². The van der Waals surface area contributed by atoms with E-state index >= 15 is 0 Å². The zero-order chi connectivity index (χ0) is 12.4. The largest absolute Gasteiger partial charge is 0.308 e. The van der Waals surface area contributed by atoms with Gasteiger partial charge in [0.05, 0.1) is 0 Å². The Morgan fingerprint density at radius 3 is 1.27 bits per heavy atom. The van der Waals surface area contributed by atoms with Crippen molar-refractivity contribution in [2.45, 2.75) is 64.2 Å². The second-order valence-electron chi connectivity index (χ2n) is 4.89. The SMILES string of the molecule is CC(=O)N(C)S(C(C)C)(C(C)C)C(C)C. The first kappa shape index (κ1) is 14.8. The van der Waals surface area contributed by atoms with Crippen LogP contribution in [0.4, 0.5) is 0 Å². The topological polar surface area (TPSA) is 20.3 Å². The summed E-state index contributed by atoms with van der Waals surface area (Å²) in [5.41, 5.74) is 0. The average Bonchev–Trinajstić information content (AvgIpc) is 2.02. The Kier molecular flexibility index (Phi) is 5.18. The first-order chi connectivity index (χ1) is 6.68. The third-order valence-corrected chi connectivity index (χ3v) is 8.92. The van der Waals surface area contributed by atoms with Gasteiger partial charge in [0, 0.05) is 14.0 Å². The minimum atomic E-state index is -1.04. The minimum Gasteiger partial charge on any atom is -0.308 e. The first-order valence-electron chi connectivity index (χ1n) is 5.73. The van der Waals surface area contributed by atoms with Crippen molar-refractivity contribution in [3.63, 3.8) is 0 Å². The number of rotatable bonds is 4. The summed E-state index contributed by atoms with van der Waals surface area (Å²) in [5.74, 6) is 0.195. The van der Waals surface area contributed by atoms with Gasteiger partial charge in [0.15, 0.2) is 0 Å². The predicted octanol–water partition coefficient (Wildman–Crippen LogP) is 3.41. The molecule has 0 aromatic rings. The fourth-order valence-electron chi connectivity index (χ4n) is 2.80. The molecule has 0 aromatic heterocycles. The third-order valence-electron chi connectivity index (χ3n) is 3.18. The molecule has 0 heterocycles. The molecule has 15 heavy (non-hydrogen) atoms. The second-order valence-corrected chi connectivity index (χ2v) is 9.71. The van der Waals surface area contributed by atoms with Gasteiger partial charge in [-0.05, 0) is 15.7 Å². The summed E-state index contributed by atoms with van der Waals surface area (Å²) in [5, 5.41) is 1.64.